The van der Waals surface area contributed by atoms with Crippen molar-refractivity contribution < 1.29 is 9.59 Å². The van der Waals surface area contributed by atoms with E-state index in [9.17, 15) is 9.59 Å². The van der Waals surface area contributed by atoms with Crippen LogP contribution in [0.25, 0.3) is 0 Å². The summed E-state index contributed by atoms with van der Waals surface area (Å²) in [6.07, 6.45) is 3.16. The lowest BCUT2D eigenvalue weighted by Crippen LogP contribution is -2.41. The van der Waals surface area contributed by atoms with Crippen molar-refractivity contribution >= 4 is 11.8 Å². The average molecular weight is 274 g/mol. The summed E-state index contributed by atoms with van der Waals surface area (Å²) >= 11 is 0. The Bertz CT molecular complexity index is 483. The van der Waals surface area contributed by atoms with E-state index in [-0.39, 0.29) is 24.4 Å². The Morgan fingerprint density at radius 1 is 1.25 bits per heavy atom. The topological polar surface area (TPSA) is 58.2 Å². The molecule has 2 N–H and O–H groups in total. The number of amides is 2. The van der Waals surface area contributed by atoms with E-state index >= 15 is 0 Å². The first-order valence-electron chi connectivity index (χ1n) is 7.09. The van der Waals surface area contributed by atoms with Crippen LogP contribution in [0.1, 0.15) is 43.5 Å². The number of hydrogen-bond donors (Lipinski definition) is 2. The summed E-state index contributed by atoms with van der Waals surface area (Å²) in [6, 6.07) is 9.15. The van der Waals surface area contributed by atoms with Crippen molar-refractivity contribution in [3.05, 3.63) is 35.9 Å². The zero-order chi connectivity index (χ0) is 14.6. The number of carbonyl (C=O) groups is 2. The zero-order valence-electron chi connectivity index (χ0n) is 12.1. The van der Waals surface area contributed by atoms with Crippen LogP contribution in [0.4, 0.5) is 0 Å². The van der Waals surface area contributed by atoms with E-state index < -0.39 is 0 Å². The van der Waals surface area contributed by atoms with Gasteiger partial charge in [-0.2, -0.15) is 0 Å². The Kier molecular flexibility index (Phi) is 4.42. The molecule has 108 valence electrons. The van der Waals surface area contributed by atoms with Crippen molar-refractivity contribution in [2.45, 2.75) is 39.2 Å². The summed E-state index contributed by atoms with van der Waals surface area (Å²) in [6.45, 7) is 4.47. The maximum Gasteiger partial charge on any atom is 0.251 e. The van der Waals surface area contributed by atoms with Crippen molar-refractivity contribution in [3.63, 3.8) is 0 Å². The quantitative estimate of drug-likeness (QED) is 0.883. The molecule has 1 aromatic rings. The molecule has 2 amide bonds. The monoisotopic (exact) mass is 274 g/mol. The molecule has 0 aliphatic heterocycles. The average Bonchev–Trinajstić information content (AvgIpc) is 2.76. The molecule has 20 heavy (non-hydrogen) atoms. The second-order valence-electron chi connectivity index (χ2n) is 6.22. The Morgan fingerprint density at radius 2 is 1.95 bits per heavy atom. The van der Waals surface area contributed by atoms with Crippen LogP contribution in [0.2, 0.25) is 0 Å². The first kappa shape index (κ1) is 14.6. The lowest BCUT2D eigenvalue weighted by Gasteiger charge is -2.18. The normalized spacial score (nSPS) is 20.4. The summed E-state index contributed by atoms with van der Waals surface area (Å²) in [4.78, 5) is 23.6. The van der Waals surface area contributed by atoms with E-state index in [2.05, 4.69) is 24.5 Å². The second-order valence-corrected chi connectivity index (χ2v) is 6.22. The maximum atomic E-state index is 11.8. The number of carbonyl (C=O) groups excluding carboxylic acids is 2. The summed E-state index contributed by atoms with van der Waals surface area (Å²) in [5, 5.41) is 5.63. The predicted molar refractivity (Wildman–Crippen MR) is 78.3 cm³/mol. The fourth-order valence-electron chi connectivity index (χ4n) is 2.69. The van der Waals surface area contributed by atoms with Crippen LogP contribution in [0.15, 0.2) is 30.3 Å². The van der Waals surface area contributed by atoms with Crippen LogP contribution in [0.3, 0.4) is 0 Å². The van der Waals surface area contributed by atoms with Gasteiger partial charge in [-0.05, 0) is 36.8 Å². The molecule has 2 rings (SSSR count). The van der Waals surface area contributed by atoms with Gasteiger partial charge in [0.2, 0.25) is 5.91 Å². The van der Waals surface area contributed by atoms with Gasteiger partial charge in [0.1, 0.15) is 0 Å². The summed E-state index contributed by atoms with van der Waals surface area (Å²) in [7, 11) is 0. The molecule has 4 nitrogen and oxygen atoms in total. The van der Waals surface area contributed by atoms with Crippen molar-refractivity contribution in [3.8, 4) is 0 Å². The Hall–Kier alpha value is -1.84. The molecule has 0 heterocycles. The first-order chi connectivity index (χ1) is 9.46. The highest BCUT2D eigenvalue weighted by molar-refractivity contribution is 5.96. The van der Waals surface area contributed by atoms with Crippen LogP contribution < -0.4 is 10.6 Å². The molecule has 1 unspecified atom stereocenters. The van der Waals surface area contributed by atoms with Gasteiger partial charge in [-0.25, -0.2) is 0 Å². The lowest BCUT2D eigenvalue weighted by atomic mass is 9.92. The number of nitrogens with one attached hydrogen (secondary N) is 2. The van der Waals surface area contributed by atoms with E-state index in [0.717, 1.165) is 19.3 Å². The van der Waals surface area contributed by atoms with Gasteiger partial charge in [0, 0.05) is 11.6 Å². The number of benzene rings is 1. The molecule has 1 aliphatic rings. The van der Waals surface area contributed by atoms with Gasteiger partial charge in [0.05, 0.1) is 6.54 Å². The minimum absolute atomic E-state index is 0.0324. The molecule has 0 aromatic heterocycles. The molecule has 0 bridgehead atoms. The second kappa shape index (κ2) is 6.07. The van der Waals surface area contributed by atoms with Gasteiger partial charge in [-0.3, -0.25) is 9.59 Å². The first-order valence-corrected chi connectivity index (χ1v) is 7.09. The van der Waals surface area contributed by atoms with E-state index in [0.29, 0.717) is 11.0 Å². The largest absolute Gasteiger partial charge is 0.352 e. The number of hydrogen-bond acceptors (Lipinski definition) is 2. The summed E-state index contributed by atoms with van der Waals surface area (Å²) < 4.78 is 0. The summed E-state index contributed by atoms with van der Waals surface area (Å²) in [5.74, 6) is -0.329. The van der Waals surface area contributed by atoms with Crippen LogP contribution in [0, 0.1) is 5.41 Å². The van der Waals surface area contributed by atoms with Gasteiger partial charge >= 0.3 is 0 Å². The molecule has 0 spiro atoms. The smallest absolute Gasteiger partial charge is 0.251 e. The molecule has 0 saturated heterocycles. The third-order valence-corrected chi connectivity index (χ3v) is 3.78. The molecule has 1 aliphatic carbocycles. The molecule has 1 fully saturated rings. The van der Waals surface area contributed by atoms with Crippen molar-refractivity contribution in [1.82, 2.24) is 10.6 Å². The number of rotatable bonds is 4. The molecule has 1 aromatic carbocycles. The highest BCUT2D eigenvalue weighted by Crippen LogP contribution is 2.36. The van der Waals surface area contributed by atoms with Gasteiger partial charge in [-0.15, -0.1) is 0 Å². The van der Waals surface area contributed by atoms with Gasteiger partial charge in [-0.1, -0.05) is 32.0 Å². The Labute approximate surface area is 119 Å². The zero-order valence-corrected chi connectivity index (χ0v) is 12.1. The predicted octanol–water partition coefficient (Wildman–Crippen LogP) is 2.11. The Balaban J connectivity index is 1.74. The van der Waals surface area contributed by atoms with Crippen LogP contribution in [-0.4, -0.2) is 24.4 Å². The lowest BCUT2D eigenvalue weighted by molar-refractivity contribution is -0.120. The fraction of sp³-hybridized carbons (Fsp3) is 0.500. The summed E-state index contributed by atoms with van der Waals surface area (Å²) in [5.41, 5.74) is 0.882. The van der Waals surface area contributed by atoms with E-state index in [1.165, 1.54) is 0 Å². The molecular weight excluding hydrogens is 252 g/mol. The maximum absolute atomic E-state index is 11.8. The van der Waals surface area contributed by atoms with Crippen LogP contribution in [-0.2, 0) is 4.79 Å². The van der Waals surface area contributed by atoms with Crippen LogP contribution >= 0.6 is 0 Å². The minimum atomic E-state index is -0.215. The molecule has 1 saturated carbocycles. The Morgan fingerprint density at radius 3 is 2.55 bits per heavy atom. The van der Waals surface area contributed by atoms with E-state index in [4.69, 9.17) is 0 Å². The molecule has 0 radical (unpaired) electrons. The highest BCUT2D eigenvalue weighted by atomic mass is 16.2. The fourth-order valence-corrected chi connectivity index (χ4v) is 2.69. The highest BCUT2D eigenvalue weighted by Gasteiger charge is 2.31. The third-order valence-electron chi connectivity index (χ3n) is 3.78. The van der Waals surface area contributed by atoms with Crippen LogP contribution in [0.5, 0.6) is 0 Å². The third kappa shape index (κ3) is 4.08. The molecular formula is C16H22N2O2. The van der Waals surface area contributed by atoms with Gasteiger partial charge in [0.25, 0.3) is 5.91 Å². The van der Waals surface area contributed by atoms with Crippen molar-refractivity contribution in [2.24, 2.45) is 5.41 Å². The minimum Gasteiger partial charge on any atom is -0.352 e. The van der Waals surface area contributed by atoms with Gasteiger partial charge < -0.3 is 10.6 Å². The van der Waals surface area contributed by atoms with E-state index in [1.54, 1.807) is 24.3 Å². The molecule has 4 heteroatoms. The van der Waals surface area contributed by atoms with E-state index in [1.807, 2.05) is 6.07 Å². The van der Waals surface area contributed by atoms with Crippen molar-refractivity contribution in [1.29, 1.82) is 0 Å². The van der Waals surface area contributed by atoms with Gasteiger partial charge in [0.15, 0.2) is 0 Å². The van der Waals surface area contributed by atoms with Crippen molar-refractivity contribution in [2.75, 3.05) is 6.54 Å². The SMILES string of the molecule is CC1(C)CCC(NC(=O)CNC(=O)c2ccccc2)C1. The standard InChI is InChI=1S/C16H22N2O2/c1-16(2)9-8-13(10-16)18-14(19)11-17-15(20)12-6-4-3-5-7-12/h3-7,13H,8-11H2,1-2H3,(H,17,20)(H,18,19). The molecule has 1 atom stereocenters.